The van der Waals surface area contributed by atoms with Crippen LogP contribution >= 0.6 is 12.6 Å². The number of benzene rings is 1. The molecule has 1 aliphatic rings. The lowest BCUT2D eigenvalue weighted by atomic mass is 10.1. The summed E-state index contributed by atoms with van der Waals surface area (Å²) >= 11 is 4.35. The highest BCUT2D eigenvalue weighted by Gasteiger charge is 2.23. The van der Waals surface area contributed by atoms with Crippen molar-refractivity contribution < 1.29 is 4.79 Å². The van der Waals surface area contributed by atoms with Crippen LogP contribution in [-0.4, -0.2) is 5.91 Å². The van der Waals surface area contributed by atoms with E-state index in [9.17, 15) is 4.79 Å². The Morgan fingerprint density at radius 1 is 1.38 bits per heavy atom. The average molecular weight is 193 g/mol. The van der Waals surface area contributed by atoms with Gasteiger partial charge < -0.3 is 5.32 Å². The van der Waals surface area contributed by atoms with Crippen LogP contribution in [0.1, 0.15) is 24.4 Å². The summed E-state index contributed by atoms with van der Waals surface area (Å²) in [6, 6.07) is 8.05. The predicted octanol–water partition coefficient (Wildman–Crippen LogP) is 1.93. The van der Waals surface area contributed by atoms with Crippen LogP contribution in [0.3, 0.4) is 0 Å². The summed E-state index contributed by atoms with van der Waals surface area (Å²) in [6.07, 6.45) is 1.52. The van der Waals surface area contributed by atoms with E-state index in [0.29, 0.717) is 6.42 Å². The van der Waals surface area contributed by atoms with Crippen LogP contribution in [0, 0.1) is 0 Å². The van der Waals surface area contributed by atoms with Gasteiger partial charge in [-0.1, -0.05) is 18.2 Å². The molecule has 1 fully saturated rings. The molecule has 1 aliphatic heterocycles. The highest BCUT2D eigenvalue weighted by Crippen LogP contribution is 2.27. The summed E-state index contributed by atoms with van der Waals surface area (Å²) < 4.78 is 0. The number of nitrogens with one attached hydrogen (secondary N) is 1. The summed E-state index contributed by atoms with van der Waals surface area (Å²) in [5.41, 5.74) is 1.12. The van der Waals surface area contributed by atoms with E-state index in [-0.39, 0.29) is 11.9 Å². The number of carbonyl (C=O) groups is 1. The monoisotopic (exact) mass is 193 g/mol. The topological polar surface area (TPSA) is 29.1 Å². The lowest BCUT2D eigenvalue weighted by Crippen LogP contribution is -2.18. The van der Waals surface area contributed by atoms with E-state index in [4.69, 9.17) is 0 Å². The van der Waals surface area contributed by atoms with E-state index < -0.39 is 0 Å². The van der Waals surface area contributed by atoms with Crippen molar-refractivity contribution in [2.45, 2.75) is 23.8 Å². The number of amides is 1. The largest absolute Gasteiger partial charge is 0.349 e. The van der Waals surface area contributed by atoms with Gasteiger partial charge in [-0.15, -0.1) is 12.6 Å². The summed E-state index contributed by atoms with van der Waals surface area (Å²) in [4.78, 5) is 12.0. The van der Waals surface area contributed by atoms with Crippen molar-refractivity contribution in [2.24, 2.45) is 0 Å². The molecule has 68 valence electrons. The lowest BCUT2D eigenvalue weighted by molar-refractivity contribution is -0.119. The Hall–Kier alpha value is -0.960. The van der Waals surface area contributed by atoms with Crippen molar-refractivity contribution in [3.8, 4) is 0 Å². The Kier molecular flexibility index (Phi) is 2.27. The van der Waals surface area contributed by atoms with Gasteiger partial charge in [-0.2, -0.15) is 0 Å². The van der Waals surface area contributed by atoms with Gasteiger partial charge in [0, 0.05) is 11.3 Å². The number of hydrogen-bond donors (Lipinski definition) is 2. The molecule has 0 aromatic heterocycles. The van der Waals surface area contributed by atoms with E-state index in [1.165, 1.54) is 0 Å². The molecule has 1 N–H and O–H groups in total. The number of rotatable bonds is 1. The van der Waals surface area contributed by atoms with Crippen LogP contribution in [0.15, 0.2) is 29.2 Å². The SMILES string of the molecule is O=C1CC[C@H](c2ccccc2S)N1. The average Bonchev–Trinajstić information content (AvgIpc) is 2.53. The van der Waals surface area contributed by atoms with Crippen LogP contribution in [0.25, 0.3) is 0 Å². The summed E-state index contributed by atoms with van der Waals surface area (Å²) in [5.74, 6) is 0.140. The van der Waals surface area contributed by atoms with E-state index in [1.807, 2.05) is 24.3 Å². The second-order valence-corrected chi connectivity index (χ2v) is 3.70. The first-order valence-electron chi connectivity index (χ1n) is 4.34. The lowest BCUT2D eigenvalue weighted by Gasteiger charge is -2.11. The van der Waals surface area contributed by atoms with Gasteiger partial charge in [0.25, 0.3) is 0 Å². The molecule has 2 nitrogen and oxygen atoms in total. The molecule has 1 saturated heterocycles. The first kappa shape index (κ1) is 8.63. The van der Waals surface area contributed by atoms with Crippen molar-refractivity contribution >= 4 is 18.5 Å². The van der Waals surface area contributed by atoms with Gasteiger partial charge in [0.2, 0.25) is 5.91 Å². The van der Waals surface area contributed by atoms with Gasteiger partial charge in [-0.05, 0) is 18.1 Å². The molecule has 1 heterocycles. The minimum Gasteiger partial charge on any atom is -0.349 e. The molecular formula is C10H11NOS. The molecule has 1 aromatic carbocycles. The second kappa shape index (κ2) is 3.42. The van der Waals surface area contributed by atoms with E-state index in [1.54, 1.807) is 0 Å². The normalized spacial score (nSPS) is 21.6. The molecule has 0 aliphatic carbocycles. The van der Waals surface area contributed by atoms with Gasteiger partial charge in [0.05, 0.1) is 6.04 Å². The fourth-order valence-electron chi connectivity index (χ4n) is 1.63. The quantitative estimate of drug-likeness (QED) is 0.656. The summed E-state index contributed by atoms with van der Waals surface area (Å²) in [5, 5.41) is 2.92. The Balaban J connectivity index is 2.26. The number of carbonyl (C=O) groups excluding carboxylic acids is 1. The first-order valence-corrected chi connectivity index (χ1v) is 4.79. The van der Waals surface area contributed by atoms with Crippen molar-refractivity contribution in [3.05, 3.63) is 29.8 Å². The highest BCUT2D eigenvalue weighted by molar-refractivity contribution is 7.80. The standard InChI is InChI=1S/C10H11NOS/c12-10-6-5-8(11-10)7-3-1-2-4-9(7)13/h1-4,8,13H,5-6H2,(H,11,12)/t8-/m1/s1. The molecule has 3 heteroatoms. The maximum Gasteiger partial charge on any atom is 0.220 e. The molecule has 13 heavy (non-hydrogen) atoms. The summed E-state index contributed by atoms with van der Waals surface area (Å²) in [7, 11) is 0. The van der Waals surface area contributed by atoms with Crippen molar-refractivity contribution in [2.75, 3.05) is 0 Å². The molecule has 1 aromatic rings. The van der Waals surface area contributed by atoms with Crippen LogP contribution in [-0.2, 0) is 4.79 Å². The Morgan fingerprint density at radius 3 is 2.77 bits per heavy atom. The smallest absolute Gasteiger partial charge is 0.220 e. The van der Waals surface area contributed by atoms with Crippen molar-refractivity contribution in [1.82, 2.24) is 5.32 Å². The van der Waals surface area contributed by atoms with Gasteiger partial charge in [0.15, 0.2) is 0 Å². The molecule has 0 bridgehead atoms. The van der Waals surface area contributed by atoms with E-state index in [2.05, 4.69) is 17.9 Å². The fourth-order valence-corrected chi connectivity index (χ4v) is 1.95. The summed E-state index contributed by atoms with van der Waals surface area (Å²) in [6.45, 7) is 0. The van der Waals surface area contributed by atoms with Gasteiger partial charge in [-0.25, -0.2) is 0 Å². The van der Waals surface area contributed by atoms with Crippen molar-refractivity contribution in [3.63, 3.8) is 0 Å². The van der Waals surface area contributed by atoms with Crippen LogP contribution in [0.5, 0.6) is 0 Å². The zero-order chi connectivity index (χ0) is 9.26. The zero-order valence-corrected chi connectivity index (χ0v) is 8.05. The molecule has 1 amide bonds. The second-order valence-electron chi connectivity index (χ2n) is 3.22. The third-order valence-corrected chi connectivity index (χ3v) is 2.71. The molecule has 0 spiro atoms. The third kappa shape index (κ3) is 1.70. The zero-order valence-electron chi connectivity index (χ0n) is 7.16. The van der Waals surface area contributed by atoms with Gasteiger partial charge in [-0.3, -0.25) is 4.79 Å². The van der Waals surface area contributed by atoms with E-state index >= 15 is 0 Å². The maximum atomic E-state index is 11.0. The molecule has 0 radical (unpaired) electrons. The molecule has 0 saturated carbocycles. The Bertz CT molecular complexity index is 337. The van der Waals surface area contributed by atoms with Crippen LogP contribution in [0.4, 0.5) is 0 Å². The fraction of sp³-hybridized carbons (Fsp3) is 0.300. The van der Waals surface area contributed by atoms with Crippen LogP contribution < -0.4 is 5.32 Å². The Morgan fingerprint density at radius 2 is 2.15 bits per heavy atom. The molecule has 0 unspecified atom stereocenters. The van der Waals surface area contributed by atoms with Crippen LogP contribution in [0.2, 0.25) is 0 Å². The molecular weight excluding hydrogens is 182 g/mol. The van der Waals surface area contributed by atoms with Crippen molar-refractivity contribution in [1.29, 1.82) is 0 Å². The van der Waals surface area contributed by atoms with E-state index in [0.717, 1.165) is 16.9 Å². The molecule has 1 atom stereocenters. The maximum absolute atomic E-state index is 11.0. The number of hydrogen-bond acceptors (Lipinski definition) is 2. The first-order chi connectivity index (χ1) is 6.27. The predicted molar refractivity (Wildman–Crippen MR) is 53.8 cm³/mol. The number of thiol groups is 1. The Labute approximate surface area is 82.8 Å². The third-order valence-electron chi connectivity index (χ3n) is 2.31. The molecule has 2 rings (SSSR count). The van der Waals surface area contributed by atoms with Gasteiger partial charge in [0.1, 0.15) is 0 Å². The van der Waals surface area contributed by atoms with Gasteiger partial charge >= 0.3 is 0 Å². The minimum absolute atomic E-state index is 0.140. The highest BCUT2D eigenvalue weighted by atomic mass is 32.1. The minimum atomic E-state index is 0.140.